The van der Waals surface area contributed by atoms with Crippen LogP contribution in [-0.2, 0) is 17.8 Å². The van der Waals surface area contributed by atoms with Crippen molar-refractivity contribution in [3.05, 3.63) is 71.7 Å². The molecule has 27 heavy (non-hydrogen) atoms. The summed E-state index contributed by atoms with van der Waals surface area (Å²) in [5, 5.41) is 2.78. The number of rotatable bonds is 7. The van der Waals surface area contributed by atoms with Crippen LogP contribution in [0.1, 0.15) is 28.7 Å². The first-order chi connectivity index (χ1) is 13.1. The number of nitrogens with one attached hydrogen (secondary N) is 1. The number of benzene rings is 2. The van der Waals surface area contributed by atoms with Crippen molar-refractivity contribution in [1.29, 1.82) is 0 Å². The van der Waals surface area contributed by atoms with Crippen molar-refractivity contribution in [2.75, 3.05) is 7.11 Å². The minimum atomic E-state index is -0.214. The maximum atomic E-state index is 12.3. The summed E-state index contributed by atoms with van der Waals surface area (Å²) in [6.07, 6.45) is 1.73. The molecule has 1 N–H and O–H groups in total. The van der Waals surface area contributed by atoms with Gasteiger partial charge in [-0.2, -0.15) is 0 Å². The Bertz CT molecular complexity index is 948. The third-order valence-corrected chi connectivity index (χ3v) is 4.09. The van der Waals surface area contributed by atoms with E-state index in [1.165, 1.54) is 14.0 Å². The largest absolute Gasteiger partial charge is 0.496 e. The second-order valence-corrected chi connectivity index (χ2v) is 6.02. The Morgan fingerprint density at radius 3 is 2.63 bits per heavy atom. The summed E-state index contributed by atoms with van der Waals surface area (Å²) in [6.45, 7) is 1.67. The molecular formula is C21H20N2O4. The Morgan fingerprint density at radius 2 is 1.93 bits per heavy atom. The van der Waals surface area contributed by atoms with E-state index in [4.69, 9.17) is 9.15 Å². The fourth-order valence-electron chi connectivity index (χ4n) is 2.67. The second-order valence-electron chi connectivity index (χ2n) is 6.02. The van der Waals surface area contributed by atoms with E-state index in [0.29, 0.717) is 28.5 Å². The summed E-state index contributed by atoms with van der Waals surface area (Å²) in [5.74, 6) is 1.36. The van der Waals surface area contributed by atoms with Crippen molar-refractivity contribution in [3.8, 4) is 17.1 Å². The number of carbonyl (C=O) groups excluding carboxylic acids is 2. The van der Waals surface area contributed by atoms with Crippen molar-refractivity contribution >= 4 is 11.7 Å². The highest BCUT2D eigenvalue weighted by Crippen LogP contribution is 2.21. The predicted octanol–water partition coefficient (Wildman–Crippen LogP) is 3.41. The van der Waals surface area contributed by atoms with Gasteiger partial charge in [0, 0.05) is 16.7 Å². The highest BCUT2D eigenvalue weighted by molar-refractivity contribution is 5.94. The van der Waals surface area contributed by atoms with Gasteiger partial charge in [0.25, 0.3) is 0 Å². The second kappa shape index (κ2) is 8.31. The van der Waals surface area contributed by atoms with Gasteiger partial charge >= 0.3 is 0 Å². The number of hydrogen-bond donors (Lipinski definition) is 1. The topological polar surface area (TPSA) is 81.4 Å². The van der Waals surface area contributed by atoms with Crippen molar-refractivity contribution in [1.82, 2.24) is 10.3 Å². The molecule has 0 radical (unpaired) electrons. The molecule has 0 unspecified atom stereocenters. The normalized spacial score (nSPS) is 10.4. The number of amides is 1. The molecular weight excluding hydrogens is 344 g/mol. The minimum absolute atomic E-state index is 0.0625. The zero-order valence-electron chi connectivity index (χ0n) is 15.2. The number of oxazole rings is 1. The molecule has 3 rings (SSSR count). The van der Waals surface area contributed by atoms with Gasteiger partial charge in [0.1, 0.15) is 5.75 Å². The van der Waals surface area contributed by atoms with E-state index in [9.17, 15) is 9.59 Å². The van der Waals surface area contributed by atoms with Gasteiger partial charge in [0.2, 0.25) is 11.8 Å². The molecule has 138 valence electrons. The third kappa shape index (κ3) is 4.61. The van der Waals surface area contributed by atoms with Crippen molar-refractivity contribution < 1.29 is 18.7 Å². The smallest absolute Gasteiger partial charge is 0.224 e. The molecule has 0 saturated carbocycles. The molecule has 1 aromatic heterocycles. The summed E-state index contributed by atoms with van der Waals surface area (Å²) in [7, 11) is 1.53. The number of ether oxygens (including phenoxy) is 1. The predicted molar refractivity (Wildman–Crippen MR) is 100 cm³/mol. The SMILES string of the molecule is COc1ccc(C(C)=O)cc1CC(=O)NCc1ncc(-c2ccccc2)o1. The van der Waals surface area contributed by atoms with Crippen LogP contribution in [0.3, 0.4) is 0 Å². The zero-order chi connectivity index (χ0) is 19.2. The molecule has 3 aromatic rings. The molecule has 0 saturated heterocycles. The Labute approximate surface area is 157 Å². The van der Waals surface area contributed by atoms with Gasteiger partial charge in [-0.25, -0.2) is 4.98 Å². The molecule has 6 heteroatoms. The Hall–Kier alpha value is -3.41. The molecule has 1 amide bonds. The lowest BCUT2D eigenvalue weighted by molar-refractivity contribution is -0.120. The average molecular weight is 364 g/mol. The van der Waals surface area contributed by atoms with Gasteiger partial charge in [-0.05, 0) is 25.1 Å². The fraction of sp³-hybridized carbons (Fsp3) is 0.190. The van der Waals surface area contributed by atoms with Crippen LogP contribution in [0.2, 0.25) is 0 Å². The van der Waals surface area contributed by atoms with Crippen molar-refractivity contribution in [3.63, 3.8) is 0 Å². The Kier molecular flexibility index (Phi) is 5.66. The summed E-state index contributed by atoms with van der Waals surface area (Å²) in [4.78, 5) is 28.0. The van der Waals surface area contributed by atoms with E-state index in [0.717, 1.165) is 5.56 Å². The van der Waals surface area contributed by atoms with Crippen LogP contribution >= 0.6 is 0 Å². The molecule has 0 bridgehead atoms. The standard InChI is InChI=1S/C21H20N2O4/c1-14(24)16-8-9-18(26-2)17(10-16)11-20(25)22-13-21-23-12-19(27-21)15-6-4-3-5-7-15/h3-10,12H,11,13H2,1-2H3,(H,22,25). The molecule has 0 fully saturated rings. The molecule has 2 aromatic carbocycles. The molecule has 0 aliphatic carbocycles. The number of hydrogen-bond acceptors (Lipinski definition) is 5. The van der Waals surface area contributed by atoms with Crippen LogP contribution in [0.25, 0.3) is 11.3 Å². The fourth-order valence-corrected chi connectivity index (χ4v) is 2.67. The average Bonchev–Trinajstić information content (AvgIpc) is 3.16. The highest BCUT2D eigenvalue weighted by atomic mass is 16.5. The van der Waals surface area contributed by atoms with Crippen LogP contribution in [0, 0.1) is 0 Å². The molecule has 0 aliphatic rings. The monoisotopic (exact) mass is 364 g/mol. The number of aromatic nitrogens is 1. The van der Waals surface area contributed by atoms with E-state index in [1.807, 2.05) is 30.3 Å². The van der Waals surface area contributed by atoms with Gasteiger partial charge < -0.3 is 14.5 Å². The van der Waals surface area contributed by atoms with E-state index >= 15 is 0 Å². The first kappa shape index (κ1) is 18.4. The Morgan fingerprint density at radius 1 is 1.15 bits per heavy atom. The van der Waals surface area contributed by atoms with Crippen LogP contribution in [-0.4, -0.2) is 23.8 Å². The van der Waals surface area contributed by atoms with E-state index in [2.05, 4.69) is 10.3 Å². The maximum Gasteiger partial charge on any atom is 0.224 e. The zero-order valence-corrected chi connectivity index (χ0v) is 15.2. The van der Waals surface area contributed by atoms with Gasteiger partial charge in [-0.1, -0.05) is 30.3 Å². The van der Waals surface area contributed by atoms with Crippen LogP contribution < -0.4 is 10.1 Å². The number of Topliss-reactive ketones (excluding diaryl/α,β-unsaturated/α-hetero) is 1. The van der Waals surface area contributed by atoms with Gasteiger partial charge in [0.15, 0.2) is 11.5 Å². The maximum absolute atomic E-state index is 12.3. The van der Waals surface area contributed by atoms with E-state index in [1.54, 1.807) is 24.4 Å². The number of methoxy groups -OCH3 is 1. The lowest BCUT2D eigenvalue weighted by Crippen LogP contribution is -2.25. The minimum Gasteiger partial charge on any atom is -0.496 e. The Balaban J connectivity index is 1.63. The third-order valence-electron chi connectivity index (χ3n) is 4.09. The molecule has 0 spiro atoms. The number of carbonyl (C=O) groups is 2. The van der Waals surface area contributed by atoms with Crippen LogP contribution in [0.4, 0.5) is 0 Å². The first-order valence-electron chi connectivity index (χ1n) is 8.51. The van der Waals surface area contributed by atoms with Crippen molar-refractivity contribution in [2.24, 2.45) is 0 Å². The van der Waals surface area contributed by atoms with E-state index in [-0.39, 0.29) is 24.7 Å². The summed E-state index contributed by atoms with van der Waals surface area (Å²) < 4.78 is 10.9. The summed E-state index contributed by atoms with van der Waals surface area (Å²) in [5.41, 5.74) is 2.12. The van der Waals surface area contributed by atoms with Crippen LogP contribution in [0.15, 0.2) is 59.1 Å². The number of nitrogens with zero attached hydrogens (tertiary/aromatic N) is 1. The quantitative estimate of drug-likeness (QED) is 0.650. The van der Waals surface area contributed by atoms with E-state index < -0.39 is 0 Å². The van der Waals surface area contributed by atoms with Gasteiger partial charge in [-0.3, -0.25) is 9.59 Å². The van der Waals surface area contributed by atoms with Crippen LogP contribution in [0.5, 0.6) is 5.75 Å². The summed E-state index contributed by atoms with van der Waals surface area (Å²) >= 11 is 0. The van der Waals surface area contributed by atoms with Crippen molar-refractivity contribution in [2.45, 2.75) is 19.9 Å². The lowest BCUT2D eigenvalue weighted by Gasteiger charge is -2.10. The molecule has 1 heterocycles. The lowest BCUT2D eigenvalue weighted by atomic mass is 10.0. The van der Waals surface area contributed by atoms with Gasteiger partial charge in [-0.15, -0.1) is 0 Å². The molecule has 0 atom stereocenters. The highest BCUT2D eigenvalue weighted by Gasteiger charge is 2.13. The first-order valence-corrected chi connectivity index (χ1v) is 8.51. The molecule has 0 aliphatic heterocycles. The summed E-state index contributed by atoms with van der Waals surface area (Å²) in [6, 6.07) is 14.7. The number of ketones is 1. The van der Waals surface area contributed by atoms with Gasteiger partial charge in [0.05, 0.1) is 26.3 Å². The molecule has 6 nitrogen and oxygen atoms in total.